The van der Waals surface area contributed by atoms with Gasteiger partial charge in [0, 0.05) is 38.8 Å². The summed E-state index contributed by atoms with van der Waals surface area (Å²) in [5.74, 6) is -3.41. The number of carbonyl (C=O) groups is 1. The predicted molar refractivity (Wildman–Crippen MR) is 144 cm³/mol. The van der Waals surface area contributed by atoms with Gasteiger partial charge in [0.05, 0.1) is 17.5 Å². The molecule has 0 aromatic heterocycles. The highest BCUT2D eigenvalue weighted by atomic mass is 32.2. The van der Waals surface area contributed by atoms with Crippen molar-refractivity contribution in [3.63, 3.8) is 0 Å². The zero-order chi connectivity index (χ0) is 29.2. The third-order valence-corrected chi connectivity index (χ3v) is 9.85. The van der Waals surface area contributed by atoms with E-state index in [-0.39, 0.29) is 11.5 Å². The number of piperidine rings is 1. The predicted octanol–water partition coefficient (Wildman–Crippen LogP) is 3.21. The van der Waals surface area contributed by atoms with Crippen LogP contribution in [0.2, 0.25) is 0 Å². The van der Waals surface area contributed by atoms with Crippen LogP contribution in [0.1, 0.15) is 43.7 Å². The molecule has 1 saturated carbocycles. The number of carbonyl (C=O) groups excluding carboxylic acids is 1. The second-order valence-electron chi connectivity index (χ2n) is 11.0. The van der Waals surface area contributed by atoms with E-state index in [1.807, 2.05) is 0 Å². The number of halogens is 3. The van der Waals surface area contributed by atoms with E-state index in [0.717, 1.165) is 12.1 Å². The van der Waals surface area contributed by atoms with Gasteiger partial charge in [0.1, 0.15) is 17.3 Å². The summed E-state index contributed by atoms with van der Waals surface area (Å²) in [5, 5.41) is 10.9. The number of piperazine rings is 1. The number of aliphatic hydroxyl groups is 1. The first-order chi connectivity index (χ1) is 19.6. The van der Waals surface area contributed by atoms with Gasteiger partial charge in [-0.15, -0.1) is 0 Å². The minimum Gasteiger partial charge on any atom is -0.440 e. The van der Waals surface area contributed by atoms with E-state index in [1.54, 1.807) is 22.0 Å². The van der Waals surface area contributed by atoms with Gasteiger partial charge >= 0.3 is 6.09 Å². The Labute approximate surface area is 237 Å². The van der Waals surface area contributed by atoms with Gasteiger partial charge in [-0.25, -0.2) is 31.4 Å². The number of sulfone groups is 1. The van der Waals surface area contributed by atoms with Gasteiger partial charge < -0.3 is 9.84 Å². The number of amides is 1. The van der Waals surface area contributed by atoms with Crippen molar-refractivity contribution in [3.05, 3.63) is 65.5 Å². The molecule has 2 aromatic rings. The average molecular weight is 597 g/mol. The highest BCUT2D eigenvalue weighted by molar-refractivity contribution is 7.91. The van der Waals surface area contributed by atoms with Crippen LogP contribution in [0.15, 0.2) is 47.4 Å². The first-order valence-corrected chi connectivity index (χ1v) is 15.5. The molecule has 3 aliphatic rings. The van der Waals surface area contributed by atoms with Crippen molar-refractivity contribution in [2.75, 3.05) is 45.2 Å². The minimum atomic E-state index is -4.14. The summed E-state index contributed by atoms with van der Waals surface area (Å²) in [6, 6.07) is 7.47. The molecule has 0 bridgehead atoms. The lowest BCUT2D eigenvalue weighted by Gasteiger charge is -2.45. The molecule has 1 amide bonds. The van der Waals surface area contributed by atoms with Crippen molar-refractivity contribution in [2.45, 2.75) is 54.7 Å². The topological polar surface area (TPSA) is 102 Å². The zero-order valence-electron chi connectivity index (χ0n) is 22.6. The van der Waals surface area contributed by atoms with Crippen LogP contribution < -0.4 is 5.43 Å². The smallest absolute Gasteiger partial charge is 0.422 e. The summed E-state index contributed by atoms with van der Waals surface area (Å²) in [6.07, 6.45) is 2.24. The molecule has 2 aliphatic heterocycles. The summed E-state index contributed by atoms with van der Waals surface area (Å²) < 4.78 is 74.8. The summed E-state index contributed by atoms with van der Waals surface area (Å²) in [6.45, 7) is 3.12. The van der Waals surface area contributed by atoms with Crippen molar-refractivity contribution >= 4 is 15.9 Å². The number of hydrogen-bond acceptors (Lipinski definition) is 8. The molecule has 1 unspecified atom stereocenters. The summed E-state index contributed by atoms with van der Waals surface area (Å²) in [4.78, 5) is 16.5. The van der Waals surface area contributed by atoms with Crippen LogP contribution in [-0.4, -0.2) is 91.3 Å². The first kappa shape index (κ1) is 29.8. The largest absolute Gasteiger partial charge is 0.440 e. The molecule has 0 spiro atoms. The van der Waals surface area contributed by atoms with Gasteiger partial charge in [0.25, 0.3) is 0 Å². The van der Waals surface area contributed by atoms with E-state index in [1.165, 1.54) is 12.1 Å². The molecule has 2 atom stereocenters. The highest BCUT2D eigenvalue weighted by Crippen LogP contribution is 2.51. The van der Waals surface area contributed by atoms with Gasteiger partial charge in [-0.1, -0.05) is 12.1 Å². The second kappa shape index (κ2) is 12.3. The Hall–Kier alpha value is -2.71. The van der Waals surface area contributed by atoms with Crippen molar-refractivity contribution in [2.24, 2.45) is 0 Å². The van der Waals surface area contributed by atoms with Crippen LogP contribution in [-0.2, 0) is 14.6 Å². The Morgan fingerprint density at radius 3 is 2.44 bits per heavy atom. The van der Waals surface area contributed by atoms with Crippen LogP contribution in [0.4, 0.5) is 18.0 Å². The number of benzene rings is 2. The zero-order valence-corrected chi connectivity index (χ0v) is 23.5. The number of aliphatic hydroxyl groups excluding tert-OH is 1. The van der Waals surface area contributed by atoms with Crippen LogP contribution in [0.25, 0.3) is 0 Å². The maximum Gasteiger partial charge on any atom is 0.422 e. The number of hydrogen-bond donors (Lipinski definition) is 2. The molecule has 0 radical (unpaired) electrons. The van der Waals surface area contributed by atoms with E-state index in [9.17, 15) is 26.4 Å². The third kappa shape index (κ3) is 6.86. The van der Waals surface area contributed by atoms with Gasteiger partial charge in [-0.2, -0.15) is 0 Å². The number of nitrogens with zero attached hydrogens (tertiary/aromatic N) is 3. The van der Waals surface area contributed by atoms with E-state index in [4.69, 9.17) is 9.84 Å². The van der Waals surface area contributed by atoms with Crippen molar-refractivity contribution in [1.29, 1.82) is 0 Å². The Morgan fingerprint density at radius 1 is 1.02 bits per heavy atom. The fraction of sp³-hybridized carbons (Fsp3) is 0.536. The maximum atomic E-state index is 14.2. The molecule has 2 heterocycles. The molecular formula is C28H35F3N4O5S. The maximum absolute atomic E-state index is 14.2. The second-order valence-corrected chi connectivity index (χ2v) is 12.9. The number of ether oxygens (including phenoxy) is 1. The number of β-amino-alcohol motifs (C(OH)–C–C–N with tert-alkyl or cyclic N) is 1. The number of rotatable bonds is 9. The fourth-order valence-electron chi connectivity index (χ4n) is 6.00. The molecule has 9 nitrogen and oxygen atoms in total. The minimum absolute atomic E-state index is 0.0678. The number of hydrazine groups is 1. The summed E-state index contributed by atoms with van der Waals surface area (Å²) in [7, 11) is -4.14. The molecule has 41 heavy (non-hydrogen) atoms. The van der Waals surface area contributed by atoms with Crippen LogP contribution >= 0.6 is 0 Å². The monoisotopic (exact) mass is 596 g/mol. The molecule has 1 aliphatic carbocycles. The molecule has 13 heteroatoms. The van der Waals surface area contributed by atoms with Crippen LogP contribution in [0.3, 0.4) is 0 Å². The molecule has 5 rings (SSSR count). The lowest BCUT2D eigenvalue weighted by molar-refractivity contribution is -0.0308. The molecule has 2 aromatic carbocycles. The summed E-state index contributed by atoms with van der Waals surface area (Å²) >= 11 is 0. The summed E-state index contributed by atoms with van der Waals surface area (Å²) in [5.41, 5.74) is 2.45. The SMILES string of the molecule is O=C(NN1CCN(CCO)CC1)OC1([C@H]2CCCC(c3cccc(F)c3)N2CS(=O)(=O)c2ccc(F)c(F)c2)CC1. The van der Waals surface area contributed by atoms with Crippen molar-refractivity contribution < 1.29 is 36.2 Å². The highest BCUT2D eigenvalue weighted by Gasteiger charge is 2.57. The van der Waals surface area contributed by atoms with E-state index >= 15 is 0 Å². The Balaban J connectivity index is 1.37. The van der Waals surface area contributed by atoms with Gasteiger partial charge in [-0.3, -0.25) is 15.2 Å². The van der Waals surface area contributed by atoms with Crippen molar-refractivity contribution in [1.82, 2.24) is 20.2 Å². The fourth-order valence-corrected chi connectivity index (χ4v) is 7.46. The number of nitrogens with one attached hydrogen (secondary N) is 1. The van der Waals surface area contributed by atoms with E-state index in [0.29, 0.717) is 76.5 Å². The number of likely N-dealkylation sites (tertiary alicyclic amines) is 1. The standard InChI is InChI=1S/C28H35F3N4O5S/c29-21-4-1-3-20(17-21)25-5-2-6-26(35(25)19-41(38,39)22-7-8-23(30)24(31)18-22)28(9-10-28)40-27(37)32-34-13-11-33(12-14-34)15-16-36/h1,3-4,7-8,17-18,25-26,36H,2,5-6,9-16,19H2,(H,32,37)/t25?,26-/m1/s1. The molecule has 224 valence electrons. The lowest BCUT2D eigenvalue weighted by Crippen LogP contribution is -2.56. The lowest BCUT2D eigenvalue weighted by atomic mass is 9.88. The Kier molecular flexibility index (Phi) is 8.90. The quantitative estimate of drug-likeness (QED) is 0.426. The third-order valence-electron chi connectivity index (χ3n) is 8.24. The van der Waals surface area contributed by atoms with E-state index < -0.39 is 56.9 Å². The molecular weight excluding hydrogens is 561 g/mol. The Bertz CT molecular complexity index is 1350. The average Bonchev–Trinajstić information content (AvgIpc) is 3.71. The van der Waals surface area contributed by atoms with E-state index in [2.05, 4.69) is 10.3 Å². The molecule has 2 N–H and O–H groups in total. The first-order valence-electron chi connectivity index (χ1n) is 13.9. The molecule has 3 fully saturated rings. The normalized spacial score (nSPS) is 23.7. The molecule has 2 saturated heterocycles. The van der Waals surface area contributed by atoms with Gasteiger partial charge in [0.2, 0.25) is 0 Å². The van der Waals surface area contributed by atoms with Crippen LogP contribution in [0, 0.1) is 17.5 Å². The van der Waals surface area contributed by atoms with Gasteiger partial charge in [-0.05, 0) is 68.0 Å². The van der Waals surface area contributed by atoms with Crippen LogP contribution in [0.5, 0.6) is 0 Å². The van der Waals surface area contributed by atoms with Crippen molar-refractivity contribution in [3.8, 4) is 0 Å². The Morgan fingerprint density at radius 2 is 1.78 bits per heavy atom. The van der Waals surface area contributed by atoms with Gasteiger partial charge in [0.15, 0.2) is 21.5 Å².